The monoisotopic (exact) mass is 341 g/mol. The van der Waals surface area contributed by atoms with Crippen LogP contribution in [-0.2, 0) is 19.1 Å². The maximum Gasteiger partial charge on any atom is 0.264 e. The summed E-state index contributed by atoms with van der Waals surface area (Å²) in [6.45, 7) is 4.15. The molecular weight excluding hydrogens is 318 g/mol. The zero-order chi connectivity index (χ0) is 17.2. The Labute approximate surface area is 137 Å². The van der Waals surface area contributed by atoms with Gasteiger partial charge in [0.1, 0.15) is 5.75 Å². The van der Waals surface area contributed by atoms with Gasteiger partial charge in [-0.3, -0.25) is 8.98 Å². The first-order valence-electron chi connectivity index (χ1n) is 7.53. The lowest BCUT2D eigenvalue weighted by molar-refractivity contribution is -0.129. The number of ether oxygens (including phenoxy) is 1. The van der Waals surface area contributed by atoms with Gasteiger partial charge in [-0.15, -0.1) is 0 Å². The van der Waals surface area contributed by atoms with Gasteiger partial charge in [0.15, 0.2) is 0 Å². The lowest BCUT2D eigenvalue weighted by atomic mass is 10.0. The van der Waals surface area contributed by atoms with Gasteiger partial charge < -0.3 is 9.64 Å². The largest absolute Gasteiger partial charge is 0.497 e. The fourth-order valence-corrected chi connectivity index (χ4v) is 3.57. The normalized spacial score (nSPS) is 21.3. The Morgan fingerprint density at radius 1 is 1.22 bits per heavy atom. The predicted molar refractivity (Wildman–Crippen MR) is 86.6 cm³/mol. The van der Waals surface area contributed by atoms with E-state index < -0.39 is 16.2 Å². The third-order valence-electron chi connectivity index (χ3n) is 4.24. The average Bonchev–Trinajstić information content (AvgIpc) is 2.87. The summed E-state index contributed by atoms with van der Waals surface area (Å²) in [5.41, 5.74) is 1.01. The first kappa shape index (κ1) is 17.7. The third kappa shape index (κ3) is 4.45. The third-order valence-corrected chi connectivity index (χ3v) is 4.90. The van der Waals surface area contributed by atoms with Crippen molar-refractivity contribution in [2.24, 2.45) is 5.92 Å². The number of benzene rings is 1. The topological polar surface area (TPSA) is 72.9 Å². The Morgan fingerprint density at radius 3 is 2.35 bits per heavy atom. The smallest absolute Gasteiger partial charge is 0.264 e. The zero-order valence-electron chi connectivity index (χ0n) is 13.9. The van der Waals surface area contributed by atoms with Crippen molar-refractivity contribution in [3.63, 3.8) is 0 Å². The summed E-state index contributed by atoms with van der Waals surface area (Å²) in [4.78, 5) is 14.1. The number of amides is 1. The minimum absolute atomic E-state index is 0.0160. The Morgan fingerprint density at radius 2 is 1.83 bits per heavy atom. The Kier molecular flexibility index (Phi) is 5.31. The van der Waals surface area contributed by atoms with E-state index in [1.165, 1.54) is 0 Å². The van der Waals surface area contributed by atoms with Crippen molar-refractivity contribution in [2.45, 2.75) is 32.4 Å². The second-order valence-corrected chi connectivity index (χ2v) is 7.57. The maximum atomic E-state index is 12.3. The molecule has 2 rings (SSSR count). The van der Waals surface area contributed by atoms with Gasteiger partial charge in [0.2, 0.25) is 5.91 Å². The summed E-state index contributed by atoms with van der Waals surface area (Å²) >= 11 is 0. The summed E-state index contributed by atoms with van der Waals surface area (Å²) in [5, 5.41) is 0. The van der Waals surface area contributed by atoms with Crippen LogP contribution < -0.4 is 4.74 Å². The zero-order valence-corrected chi connectivity index (χ0v) is 14.7. The highest BCUT2D eigenvalue weighted by Gasteiger charge is 2.37. The first-order valence-corrected chi connectivity index (χ1v) is 9.34. The molecule has 0 bridgehead atoms. The SMILES string of the molecule is COc1ccc(C(C)N2CC(C(C)OS(C)(=O)=O)CC2=O)cc1. The molecule has 1 amide bonds. The van der Waals surface area contributed by atoms with Crippen molar-refractivity contribution in [2.75, 3.05) is 19.9 Å². The van der Waals surface area contributed by atoms with Crippen molar-refractivity contribution in [3.05, 3.63) is 29.8 Å². The molecular formula is C16H23NO5S. The van der Waals surface area contributed by atoms with Gasteiger partial charge in [0, 0.05) is 18.9 Å². The van der Waals surface area contributed by atoms with Crippen LogP contribution in [0.1, 0.15) is 31.9 Å². The summed E-state index contributed by atoms with van der Waals surface area (Å²) in [6.07, 6.45) is 0.817. The number of methoxy groups -OCH3 is 1. The molecule has 0 aliphatic carbocycles. The van der Waals surface area contributed by atoms with Crippen LogP contribution in [0.3, 0.4) is 0 Å². The first-order chi connectivity index (χ1) is 10.7. The van der Waals surface area contributed by atoms with Gasteiger partial charge >= 0.3 is 0 Å². The molecule has 7 heteroatoms. The average molecular weight is 341 g/mol. The van der Waals surface area contributed by atoms with E-state index in [0.29, 0.717) is 13.0 Å². The van der Waals surface area contributed by atoms with Crippen molar-refractivity contribution in [3.8, 4) is 5.75 Å². The molecule has 0 radical (unpaired) electrons. The molecule has 128 valence electrons. The summed E-state index contributed by atoms with van der Waals surface area (Å²) < 4.78 is 32.6. The summed E-state index contributed by atoms with van der Waals surface area (Å²) in [6, 6.07) is 7.50. The van der Waals surface area contributed by atoms with Crippen molar-refractivity contribution >= 4 is 16.0 Å². The van der Waals surface area contributed by atoms with Gasteiger partial charge in [0.05, 0.1) is 25.5 Å². The van der Waals surface area contributed by atoms with E-state index in [0.717, 1.165) is 17.6 Å². The van der Waals surface area contributed by atoms with E-state index in [-0.39, 0.29) is 17.9 Å². The molecule has 0 N–H and O–H groups in total. The minimum atomic E-state index is -3.52. The summed E-state index contributed by atoms with van der Waals surface area (Å²) in [7, 11) is -1.91. The van der Waals surface area contributed by atoms with E-state index in [2.05, 4.69) is 0 Å². The molecule has 23 heavy (non-hydrogen) atoms. The standard InChI is InChI=1S/C16H23NO5S/c1-11(13-5-7-15(21-3)8-6-13)17-10-14(9-16(17)18)12(2)22-23(4,19)20/h5-8,11-12,14H,9-10H2,1-4H3. The number of carbonyl (C=O) groups is 1. The number of rotatable bonds is 6. The van der Waals surface area contributed by atoms with Crippen molar-refractivity contribution < 1.29 is 22.1 Å². The Balaban J connectivity index is 2.06. The Hall–Kier alpha value is -1.60. The van der Waals surface area contributed by atoms with E-state index in [9.17, 15) is 13.2 Å². The molecule has 1 fully saturated rings. The van der Waals surface area contributed by atoms with E-state index in [1.54, 1.807) is 18.9 Å². The van der Waals surface area contributed by atoms with Crippen molar-refractivity contribution in [1.29, 1.82) is 0 Å². The molecule has 1 aromatic rings. The minimum Gasteiger partial charge on any atom is -0.497 e. The highest BCUT2D eigenvalue weighted by atomic mass is 32.2. The maximum absolute atomic E-state index is 12.3. The molecule has 1 aliphatic rings. The van der Waals surface area contributed by atoms with Crippen LogP contribution in [0.4, 0.5) is 0 Å². The molecule has 1 aliphatic heterocycles. The molecule has 3 atom stereocenters. The molecule has 6 nitrogen and oxygen atoms in total. The van der Waals surface area contributed by atoms with E-state index in [4.69, 9.17) is 8.92 Å². The van der Waals surface area contributed by atoms with Crippen LogP contribution in [0.15, 0.2) is 24.3 Å². The van der Waals surface area contributed by atoms with Crippen LogP contribution in [-0.4, -0.2) is 45.2 Å². The van der Waals surface area contributed by atoms with Crippen LogP contribution in [0.25, 0.3) is 0 Å². The van der Waals surface area contributed by atoms with Crippen LogP contribution >= 0.6 is 0 Å². The van der Waals surface area contributed by atoms with Crippen LogP contribution in [0.2, 0.25) is 0 Å². The molecule has 1 saturated heterocycles. The van der Waals surface area contributed by atoms with Gasteiger partial charge in [-0.05, 0) is 31.5 Å². The molecule has 1 heterocycles. The molecule has 0 spiro atoms. The number of hydrogen-bond donors (Lipinski definition) is 0. The Bertz CT molecular complexity index is 656. The highest BCUT2D eigenvalue weighted by molar-refractivity contribution is 7.86. The molecule has 0 aromatic heterocycles. The lowest BCUT2D eigenvalue weighted by Crippen LogP contribution is -2.30. The van der Waals surface area contributed by atoms with Crippen LogP contribution in [0, 0.1) is 5.92 Å². The molecule has 1 aromatic carbocycles. The number of likely N-dealkylation sites (tertiary alicyclic amines) is 1. The number of nitrogens with zero attached hydrogens (tertiary/aromatic N) is 1. The van der Waals surface area contributed by atoms with Gasteiger partial charge in [0.25, 0.3) is 10.1 Å². The van der Waals surface area contributed by atoms with E-state index >= 15 is 0 Å². The van der Waals surface area contributed by atoms with Gasteiger partial charge in [-0.2, -0.15) is 8.42 Å². The second-order valence-electron chi connectivity index (χ2n) is 5.96. The fourth-order valence-electron chi connectivity index (χ4n) is 2.87. The van der Waals surface area contributed by atoms with E-state index in [1.807, 2.05) is 31.2 Å². The quantitative estimate of drug-likeness (QED) is 0.740. The molecule has 0 saturated carbocycles. The van der Waals surface area contributed by atoms with Crippen molar-refractivity contribution in [1.82, 2.24) is 4.90 Å². The highest BCUT2D eigenvalue weighted by Crippen LogP contribution is 2.31. The van der Waals surface area contributed by atoms with Gasteiger partial charge in [-0.1, -0.05) is 12.1 Å². The number of hydrogen-bond acceptors (Lipinski definition) is 5. The molecule has 3 unspecified atom stereocenters. The lowest BCUT2D eigenvalue weighted by Gasteiger charge is -2.26. The number of carbonyl (C=O) groups excluding carboxylic acids is 1. The summed E-state index contributed by atoms with van der Waals surface area (Å²) in [5.74, 6) is 0.655. The second kappa shape index (κ2) is 6.88. The van der Waals surface area contributed by atoms with Crippen LogP contribution in [0.5, 0.6) is 5.75 Å². The predicted octanol–water partition coefficient (Wildman–Crippen LogP) is 1.97. The van der Waals surface area contributed by atoms with Gasteiger partial charge in [-0.25, -0.2) is 0 Å². The fraction of sp³-hybridized carbons (Fsp3) is 0.562.